The summed E-state index contributed by atoms with van der Waals surface area (Å²) in [6, 6.07) is 7.47. The van der Waals surface area contributed by atoms with Crippen LogP contribution in [-0.2, 0) is 9.59 Å². The Balaban J connectivity index is 0.00000176. The molecule has 3 rings (SSSR count). The van der Waals surface area contributed by atoms with Crippen LogP contribution in [0.1, 0.15) is 32.1 Å². The third kappa shape index (κ3) is 3.78. The second-order valence-electron chi connectivity index (χ2n) is 5.69. The predicted molar refractivity (Wildman–Crippen MR) is 89.5 cm³/mol. The number of nitrogens with one attached hydrogen (secondary N) is 2. The molecule has 1 atom stereocenters. The first-order valence-corrected chi connectivity index (χ1v) is 7.69. The van der Waals surface area contributed by atoms with Crippen LogP contribution < -0.4 is 15.5 Å². The zero-order valence-corrected chi connectivity index (χ0v) is 13.3. The number of halogens is 1. The Kier molecular flexibility index (Phi) is 5.80. The summed E-state index contributed by atoms with van der Waals surface area (Å²) in [5.74, 6) is 0.178. The minimum Gasteiger partial charge on any atom is -0.325 e. The summed E-state index contributed by atoms with van der Waals surface area (Å²) in [5.41, 5.74) is 1.63. The number of anilines is 2. The third-order valence-electron chi connectivity index (χ3n) is 4.13. The quantitative estimate of drug-likeness (QED) is 0.897. The van der Waals surface area contributed by atoms with Gasteiger partial charge in [-0.3, -0.25) is 9.59 Å². The number of benzene rings is 1. The van der Waals surface area contributed by atoms with Crippen LogP contribution in [0.15, 0.2) is 24.3 Å². The van der Waals surface area contributed by atoms with Crippen LogP contribution in [-0.4, -0.2) is 30.9 Å². The van der Waals surface area contributed by atoms with E-state index in [9.17, 15) is 9.59 Å². The number of piperidine rings is 1. The highest BCUT2D eigenvalue weighted by Crippen LogP contribution is 2.24. The fourth-order valence-electron chi connectivity index (χ4n) is 2.97. The molecule has 0 aliphatic carbocycles. The van der Waals surface area contributed by atoms with Gasteiger partial charge in [-0.15, -0.1) is 12.4 Å². The van der Waals surface area contributed by atoms with E-state index in [0.717, 1.165) is 50.1 Å². The van der Waals surface area contributed by atoms with E-state index in [4.69, 9.17) is 0 Å². The number of amides is 2. The van der Waals surface area contributed by atoms with Crippen LogP contribution in [0.3, 0.4) is 0 Å². The normalized spacial score (nSPS) is 21.4. The van der Waals surface area contributed by atoms with Crippen LogP contribution in [0.25, 0.3) is 0 Å². The Morgan fingerprint density at radius 3 is 2.86 bits per heavy atom. The van der Waals surface area contributed by atoms with Crippen LogP contribution in [0.4, 0.5) is 11.4 Å². The molecule has 120 valence electrons. The van der Waals surface area contributed by atoms with Crippen molar-refractivity contribution in [1.82, 2.24) is 5.32 Å². The highest BCUT2D eigenvalue weighted by molar-refractivity contribution is 5.97. The van der Waals surface area contributed by atoms with Gasteiger partial charge in [0.15, 0.2) is 0 Å². The second kappa shape index (κ2) is 7.61. The van der Waals surface area contributed by atoms with Gasteiger partial charge in [0.05, 0.1) is 6.04 Å². The summed E-state index contributed by atoms with van der Waals surface area (Å²) >= 11 is 0. The molecule has 0 bridgehead atoms. The molecule has 2 N–H and O–H groups in total. The monoisotopic (exact) mass is 323 g/mol. The highest BCUT2D eigenvalue weighted by Gasteiger charge is 2.23. The van der Waals surface area contributed by atoms with E-state index in [-0.39, 0.29) is 30.3 Å². The summed E-state index contributed by atoms with van der Waals surface area (Å²) in [7, 11) is 0. The SMILES string of the molecule is Cl.O=C(Nc1cccc(N2CCCCC2=O)c1)C1CCCN1. The van der Waals surface area contributed by atoms with Gasteiger partial charge in [0.2, 0.25) is 11.8 Å². The second-order valence-corrected chi connectivity index (χ2v) is 5.69. The Morgan fingerprint density at radius 1 is 1.27 bits per heavy atom. The number of hydrogen-bond donors (Lipinski definition) is 2. The van der Waals surface area contributed by atoms with Crippen LogP contribution in [0.2, 0.25) is 0 Å². The topological polar surface area (TPSA) is 61.4 Å². The van der Waals surface area contributed by atoms with E-state index in [1.807, 2.05) is 29.2 Å². The van der Waals surface area contributed by atoms with Crippen molar-refractivity contribution in [2.75, 3.05) is 23.3 Å². The maximum absolute atomic E-state index is 12.1. The minimum absolute atomic E-state index is 0. The van der Waals surface area contributed by atoms with Crippen molar-refractivity contribution in [2.24, 2.45) is 0 Å². The molecule has 6 heteroatoms. The first-order valence-electron chi connectivity index (χ1n) is 7.69. The van der Waals surface area contributed by atoms with E-state index in [0.29, 0.717) is 6.42 Å². The summed E-state index contributed by atoms with van der Waals surface area (Å²) in [5, 5.41) is 6.12. The van der Waals surface area contributed by atoms with Crippen LogP contribution in [0, 0.1) is 0 Å². The van der Waals surface area contributed by atoms with Gasteiger partial charge in [-0.05, 0) is 50.4 Å². The van der Waals surface area contributed by atoms with Gasteiger partial charge < -0.3 is 15.5 Å². The lowest BCUT2D eigenvalue weighted by atomic mass is 10.1. The van der Waals surface area contributed by atoms with E-state index in [2.05, 4.69) is 10.6 Å². The maximum atomic E-state index is 12.1. The number of hydrogen-bond acceptors (Lipinski definition) is 3. The molecule has 0 radical (unpaired) electrons. The molecule has 0 spiro atoms. The zero-order chi connectivity index (χ0) is 14.7. The number of nitrogens with zero attached hydrogens (tertiary/aromatic N) is 1. The number of carbonyl (C=O) groups is 2. The predicted octanol–water partition coefficient (Wildman–Crippen LogP) is 2.32. The lowest BCUT2D eigenvalue weighted by Gasteiger charge is -2.27. The van der Waals surface area contributed by atoms with E-state index >= 15 is 0 Å². The van der Waals surface area contributed by atoms with Crippen LogP contribution in [0.5, 0.6) is 0 Å². The van der Waals surface area contributed by atoms with Gasteiger partial charge in [-0.25, -0.2) is 0 Å². The molecular formula is C16H22ClN3O2. The molecule has 1 aromatic rings. The molecule has 2 saturated heterocycles. The largest absolute Gasteiger partial charge is 0.325 e. The van der Waals surface area contributed by atoms with Crippen molar-refractivity contribution in [3.8, 4) is 0 Å². The van der Waals surface area contributed by atoms with Crippen LogP contribution >= 0.6 is 12.4 Å². The van der Waals surface area contributed by atoms with Crippen molar-refractivity contribution in [2.45, 2.75) is 38.1 Å². The smallest absolute Gasteiger partial charge is 0.241 e. The summed E-state index contributed by atoms with van der Waals surface area (Å²) < 4.78 is 0. The fraction of sp³-hybridized carbons (Fsp3) is 0.500. The molecule has 5 nitrogen and oxygen atoms in total. The van der Waals surface area contributed by atoms with Gasteiger partial charge in [0, 0.05) is 24.3 Å². The number of rotatable bonds is 3. The molecule has 2 heterocycles. The molecule has 22 heavy (non-hydrogen) atoms. The Labute approximate surface area is 136 Å². The van der Waals surface area contributed by atoms with E-state index < -0.39 is 0 Å². The first-order chi connectivity index (χ1) is 10.2. The Hall–Kier alpha value is -1.59. The van der Waals surface area contributed by atoms with E-state index in [1.165, 1.54) is 0 Å². The van der Waals surface area contributed by atoms with Gasteiger partial charge in [-0.1, -0.05) is 6.07 Å². The lowest BCUT2D eigenvalue weighted by Crippen LogP contribution is -2.36. The average Bonchev–Trinajstić information content (AvgIpc) is 3.02. The standard InChI is InChI=1S/C16H21N3O2.ClH/c20-15-8-1-2-10-19(15)13-6-3-5-12(11-13)18-16(21)14-7-4-9-17-14;/h3,5-6,11,14,17H,1-2,4,7-10H2,(H,18,21);1H. The van der Waals surface area contributed by atoms with Gasteiger partial charge in [0.1, 0.15) is 0 Å². The zero-order valence-electron chi connectivity index (χ0n) is 12.5. The molecule has 2 aliphatic heterocycles. The maximum Gasteiger partial charge on any atom is 0.241 e. The summed E-state index contributed by atoms with van der Waals surface area (Å²) in [6.07, 6.45) is 4.55. The number of carbonyl (C=O) groups excluding carboxylic acids is 2. The molecule has 2 aliphatic rings. The van der Waals surface area contributed by atoms with Gasteiger partial charge in [-0.2, -0.15) is 0 Å². The van der Waals surface area contributed by atoms with E-state index in [1.54, 1.807) is 0 Å². The van der Waals surface area contributed by atoms with Crippen molar-refractivity contribution >= 4 is 35.6 Å². The van der Waals surface area contributed by atoms with Gasteiger partial charge >= 0.3 is 0 Å². The molecule has 0 saturated carbocycles. The molecule has 0 aromatic heterocycles. The third-order valence-corrected chi connectivity index (χ3v) is 4.13. The summed E-state index contributed by atoms with van der Waals surface area (Å²) in [4.78, 5) is 25.9. The Morgan fingerprint density at radius 2 is 2.14 bits per heavy atom. The van der Waals surface area contributed by atoms with Crippen molar-refractivity contribution in [3.63, 3.8) is 0 Å². The van der Waals surface area contributed by atoms with Crippen molar-refractivity contribution < 1.29 is 9.59 Å². The van der Waals surface area contributed by atoms with Crippen molar-refractivity contribution in [3.05, 3.63) is 24.3 Å². The molecule has 2 fully saturated rings. The molecular weight excluding hydrogens is 302 g/mol. The Bertz CT molecular complexity index is 544. The lowest BCUT2D eigenvalue weighted by molar-refractivity contribution is -0.119. The molecule has 1 aromatic carbocycles. The average molecular weight is 324 g/mol. The first kappa shape index (κ1) is 16.8. The highest BCUT2D eigenvalue weighted by atomic mass is 35.5. The fourth-order valence-corrected chi connectivity index (χ4v) is 2.97. The molecule has 2 amide bonds. The summed E-state index contributed by atoms with van der Waals surface area (Å²) in [6.45, 7) is 1.67. The van der Waals surface area contributed by atoms with Gasteiger partial charge in [0.25, 0.3) is 0 Å². The van der Waals surface area contributed by atoms with Crippen molar-refractivity contribution in [1.29, 1.82) is 0 Å². The molecule has 1 unspecified atom stereocenters. The minimum atomic E-state index is -0.0923.